The van der Waals surface area contributed by atoms with Crippen molar-refractivity contribution < 1.29 is 38.2 Å². The monoisotopic (exact) mass is 311 g/mol. The van der Waals surface area contributed by atoms with E-state index < -0.39 is 10.2 Å². The zero-order chi connectivity index (χ0) is 15.9. The molecule has 0 spiro atoms. The second-order valence-corrected chi connectivity index (χ2v) is 4.86. The molecule has 0 N–H and O–H groups in total. The van der Waals surface area contributed by atoms with Crippen molar-refractivity contribution in [3.05, 3.63) is 66.5 Å². The van der Waals surface area contributed by atoms with E-state index in [9.17, 15) is 4.79 Å². The number of nitrogens with zero attached hydrogens (tertiary/aromatic N) is 1. The lowest BCUT2D eigenvalue weighted by Gasteiger charge is -2.17. The summed E-state index contributed by atoms with van der Waals surface area (Å²) in [5.41, 5.74) is 0.756. The molecule has 1 unspecified atom stereocenters. The van der Waals surface area contributed by atoms with Crippen LogP contribution in [0.5, 0.6) is 0 Å². The van der Waals surface area contributed by atoms with Gasteiger partial charge < -0.3 is 0 Å². The highest BCUT2D eigenvalue weighted by Gasteiger charge is 2.22. The number of pyridine rings is 1. The smallest absolute Gasteiger partial charge is 0.230 e. The largest absolute Gasteiger partial charge is 0.287 e. The van der Waals surface area contributed by atoms with Crippen molar-refractivity contribution in [1.29, 1.82) is 0 Å². The van der Waals surface area contributed by atoms with Gasteiger partial charge in [0.2, 0.25) is 11.8 Å². The van der Waals surface area contributed by atoms with Crippen molar-refractivity contribution >= 4 is 5.78 Å². The molecule has 2 aromatic rings. The summed E-state index contributed by atoms with van der Waals surface area (Å²) >= 11 is 0. The van der Waals surface area contributed by atoms with Crippen molar-refractivity contribution in [3.8, 4) is 0 Å². The molecule has 0 aliphatic carbocycles. The first-order valence-electron chi connectivity index (χ1n) is 5.96. The molecule has 21 heavy (non-hydrogen) atoms. The zero-order valence-electron chi connectivity index (χ0n) is 11.2. The summed E-state index contributed by atoms with van der Waals surface area (Å²) in [5, 5.41) is 0. The number of ketones is 1. The molecule has 6 nitrogen and oxygen atoms in total. The maximum atomic E-state index is 12.1. The first kappa shape index (κ1) is 17.2. The summed E-state index contributed by atoms with van der Waals surface area (Å²) in [7, 11) is -4.94. The van der Waals surface area contributed by atoms with Gasteiger partial charge in [0.25, 0.3) is 0 Å². The van der Waals surface area contributed by atoms with Crippen LogP contribution in [0, 0.1) is 10.2 Å². The van der Waals surface area contributed by atoms with Gasteiger partial charge in [-0.05, 0) is 0 Å². The van der Waals surface area contributed by atoms with Crippen molar-refractivity contribution in [2.24, 2.45) is 0 Å². The average Bonchev–Trinajstić information content (AvgIpc) is 2.46. The Morgan fingerprint density at radius 2 is 1.38 bits per heavy atom. The van der Waals surface area contributed by atoms with Crippen LogP contribution in [0.2, 0.25) is 0 Å². The van der Waals surface area contributed by atoms with E-state index in [1.54, 1.807) is 0 Å². The van der Waals surface area contributed by atoms with Gasteiger partial charge in [0.1, 0.15) is 0 Å². The van der Waals surface area contributed by atoms with Gasteiger partial charge in [0.05, 0.1) is 0 Å². The lowest BCUT2D eigenvalue weighted by Crippen LogP contribution is -2.68. The Morgan fingerprint density at radius 3 is 1.86 bits per heavy atom. The predicted molar refractivity (Wildman–Crippen MR) is 62.1 cm³/mol. The third kappa shape index (κ3) is 6.94. The predicted octanol–water partition coefficient (Wildman–Crippen LogP) is -2.34. The van der Waals surface area contributed by atoms with Crippen LogP contribution in [-0.4, -0.2) is 5.78 Å². The normalized spacial score (nSPS) is 12.0. The highest BCUT2D eigenvalue weighted by Crippen LogP contribution is 2.07. The molecule has 0 amide bonds. The van der Waals surface area contributed by atoms with E-state index in [4.69, 9.17) is 18.6 Å². The van der Waals surface area contributed by atoms with Gasteiger partial charge in [-0.15, -0.1) is 10.2 Å². The van der Waals surface area contributed by atoms with Crippen molar-refractivity contribution in [2.75, 3.05) is 0 Å². The van der Waals surface area contributed by atoms with Gasteiger partial charge in [0, 0.05) is 24.6 Å². The number of benzene rings is 1. The van der Waals surface area contributed by atoms with Crippen LogP contribution in [0.25, 0.3) is 0 Å². The van der Waals surface area contributed by atoms with Crippen LogP contribution >= 0.6 is 0 Å². The number of carbonyl (C=O) groups excluding carboxylic acids is 1. The first-order valence-corrected chi connectivity index (χ1v) is 7.19. The average molecular weight is 312 g/mol. The molecular weight excluding hydrogens is 298 g/mol. The lowest BCUT2D eigenvalue weighted by molar-refractivity contribution is -2.00. The molecule has 1 heterocycles. The molecule has 0 fully saturated rings. The highest BCUT2D eigenvalue weighted by molar-refractivity contribution is 5.97. The SMILES string of the molecule is CC(C(=O)c1ccccc1)[n+]1ccccc1.[O-][Cl+3]([O-])([O-])[O-]. The Balaban J connectivity index is 0.000000383. The minimum atomic E-state index is -4.94. The summed E-state index contributed by atoms with van der Waals surface area (Å²) in [6.07, 6.45) is 3.82. The Kier molecular flexibility index (Phi) is 6.41. The molecule has 1 atom stereocenters. The van der Waals surface area contributed by atoms with E-state index in [1.807, 2.05) is 72.4 Å². The minimum absolute atomic E-state index is 0.136. The number of carbonyl (C=O) groups is 1. The van der Waals surface area contributed by atoms with Crippen LogP contribution in [0.3, 0.4) is 0 Å². The van der Waals surface area contributed by atoms with E-state index in [2.05, 4.69) is 0 Å². The molecule has 1 aromatic heterocycles. The standard InChI is InChI=1S/C14H14NO.ClHO4/c1-12(15-10-6-3-7-11-15)14(16)13-8-4-2-5-9-13;2-1(3,4)5/h2-12H,1H3;(H,2,3,4,5)/q+1;/p-1. The molecule has 0 aliphatic rings. The molecule has 0 saturated carbocycles. The summed E-state index contributed by atoms with van der Waals surface area (Å²) in [6.45, 7) is 1.91. The van der Waals surface area contributed by atoms with Crippen LogP contribution in [0.1, 0.15) is 23.3 Å². The molecule has 1 aromatic carbocycles. The Bertz CT molecular complexity index is 551. The van der Waals surface area contributed by atoms with E-state index >= 15 is 0 Å². The van der Waals surface area contributed by atoms with Gasteiger partial charge in [0.15, 0.2) is 12.4 Å². The maximum Gasteiger partial charge on any atom is 0.230 e. The van der Waals surface area contributed by atoms with E-state index in [0.29, 0.717) is 0 Å². The van der Waals surface area contributed by atoms with Crippen LogP contribution < -0.4 is 23.2 Å². The fraction of sp³-hybridized carbons (Fsp3) is 0.143. The topological polar surface area (TPSA) is 113 Å². The minimum Gasteiger partial charge on any atom is -0.287 e. The van der Waals surface area contributed by atoms with E-state index in [0.717, 1.165) is 5.56 Å². The third-order valence-electron chi connectivity index (χ3n) is 2.62. The molecule has 112 valence electrons. The van der Waals surface area contributed by atoms with Gasteiger partial charge >= 0.3 is 0 Å². The summed E-state index contributed by atoms with van der Waals surface area (Å²) in [5.74, 6) is 0.136. The molecule has 0 bridgehead atoms. The first-order chi connectivity index (χ1) is 9.79. The second-order valence-electron chi connectivity index (χ2n) is 4.11. The van der Waals surface area contributed by atoms with Crippen molar-refractivity contribution in [1.82, 2.24) is 0 Å². The second kappa shape index (κ2) is 7.82. The summed E-state index contributed by atoms with van der Waals surface area (Å²) < 4.78 is 35.9. The number of hydrogen-bond donors (Lipinski definition) is 0. The number of hydrogen-bond acceptors (Lipinski definition) is 5. The fourth-order valence-electron chi connectivity index (χ4n) is 1.65. The number of halogens is 1. The Hall–Kier alpha value is -1.83. The quantitative estimate of drug-likeness (QED) is 0.465. The molecule has 2 rings (SSSR count). The molecule has 0 saturated heterocycles. The third-order valence-corrected chi connectivity index (χ3v) is 2.62. The Labute approximate surface area is 124 Å². The fourth-order valence-corrected chi connectivity index (χ4v) is 1.65. The maximum absolute atomic E-state index is 12.1. The van der Waals surface area contributed by atoms with Crippen LogP contribution in [0.4, 0.5) is 0 Å². The van der Waals surface area contributed by atoms with Gasteiger partial charge in [-0.25, -0.2) is 18.6 Å². The van der Waals surface area contributed by atoms with Gasteiger partial charge in [-0.1, -0.05) is 36.4 Å². The zero-order valence-corrected chi connectivity index (χ0v) is 12.0. The van der Waals surface area contributed by atoms with E-state index in [1.165, 1.54) is 0 Å². The number of aromatic nitrogens is 1. The highest BCUT2D eigenvalue weighted by atomic mass is 35.7. The summed E-state index contributed by atoms with van der Waals surface area (Å²) in [4.78, 5) is 12.1. The molecule has 0 radical (unpaired) electrons. The summed E-state index contributed by atoms with van der Waals surface area (Å²) in [6, 6.07) is 15.0. The van der Waals surface area contributed by atoms with E-state index in [-0.39, 0.29) is 11.8 Å². The van der Waals surface area contributed by atoms with Crippen LogP contribution in [0.15, 0.2) is 60.9 Å². The molecule has 0 aliphatic heterocycles. The Morgan fingerprint density at radius 1 is 0.952 bits per heavy atom. The van der Waals surface area contributed by atoms with Crippen molar-refractivity contribution in [3.63, 3.8) is 0 Å². The molecule has 7 heteroatoms. The lowest BCUT2D eigenvalue weighted by atomic mass is 10.1. The van der Waals surface area contributed by atoms with Crippen LogP contribution in [-0.2, 0) is 0 Å². The van der Waals surface area contributed by atoms with Gasteiger partial charge in [-0.3, -0.25) is 4.79 Å². The number of Topliss-reactive ketones (excluding diaryl/α,β-unsaturated/α-hetero) is 1. The number of rotatable bonds is 3. The van der Waals surface area contributed by atoms with Crippen molar-refractivity contribution in [2.45, 2.75) is 13.0 Å². The van der Waals surface area contributed by atoms with Gasteiger partial charge in [-0.2, -0.15) is 4.57 Å². The molecular formula is C14H14ClNO5.